The largest absolute Gasteiger partial charge is 0.456 e. The van der Waals surface area contributed by atoms with Gasteiger partial charge in [0.25, 0.3) is 6.71 Å². The van der Waals surface area contributed by atoms with Crippen molar-refractivity contribution in [2.75, 3.05) is 14.7 Å². The van der Waals surface area contributed by atoms with Crippen molar-refractivity contribution in [1.29, 1.82) is 0 Å². The van der Waals surface area contributed by atoms with E-state index in [0.29, 0.717) is 0 Å². The van der Waals surface area contributed by atoms with E-state index in [1.54, 1.807) is 0 Å². The van der Waals surface area contributed by atoms with Gasteiger partial charge in [-0.3, -0.25) is 0 Å². The van der Waals surface area contributed by atoms with E-state index in [1.165, 1.54) is 90.2 Å². The van der Waals surface area contributed by atoms with Gasteiger partial charge >= 0.3 is 0 Å². The maximum Gasteiger partial charge on any atom is 0.252 e. The molecule has 0 unspecified atom stereocenters. The van der Waals surface area contributed by atoms with Gasteiger partial charge in [-0.1, -0.05) is 149 Å². The molecule has 0 atom stereocenters. The Morgan fingerprint density at radius 3 is 1.80 bits per heavy atom. The minimum Gasteiger partial charge on any atom is -0.456 e. The third-order valence-electron chi connectivity index (χ3n) is 18.5. The van der Waals surface area contributed by atoms with Crippen LogP contribution in [0.3, 0.4) is 0 Å². The molecule has 0 saturated carbocycles. The van der Waals surface area contributed by atoms with Crippen LogP contribution < -0.4 is 31.1 Å². The molecule has 2 aliphatic carbocycles. The molecule has 3 heterocycles. The lowest BCUT2D eigenvalue weighted by molar-refractivity contribution is 0.332. The smallest absolute Gasteiger partial charge is 0.252 e. The Labute approximate surface area is 446 Å². The fourth-order valence-corrected chi connectivity index (χ4v) is 13.8. The van der Waals surface area contributed by atoms with Crippen molar-refractivity contribution in [3.63, 3.8) is 0 Å². The first-order chi connectivity index (χ1) is 35.6. The molecule has 4 nitrogen and oxygen atoms in total. The van der Waals surface area contributed by atoms with Gasteiger partial charge in [0.1, 0.15) is 11.2 Å². The van der Waals surface area contributed by atoms with E-state index in [2.05, 4.69) is 256 Å². The minimum absolute atomic E-state index is 0.0183. The predicted octanol–water partition coefficient (Wildman–Crippen LogP) is 17.8. The van der Waals surface area contributed by atoms with E-state index in [1.807, 2.05) is 0 Å². The van der Waals surface area contributed by atoms with Crippen molar-refractivity contribution in [3.8, 4) is 0 Å². The number of hydrogen-bond donors (Lipinski definition) is 0. The summed E-state index contributed by atoms with van der Waals surface area (Å²) in [5.74, 6) is 0. The van der Waals surface area contributed by atoms with Crippen LogP contribution in [-0.2, 0) is 27.1 Å². The number of furan rings is 1. The Morgan fingerprint density at radius 2 is 1.11 bits per heavy atom. The molecule has 9 aromatic rings. The van der Waals surface area contributed by atoms with Crippen molar-refractivity contribution in [1.82, 2.24) is 0 Å². The highest BCUT2D eigenvalue weighted by Crippen LogP contribution is 2.54. The fraction of sp³-hybridized carbons (Fsp3) is 0.314. The molecule has 0 fully saturated rings. The number of benzene rings is 8. The highest BCUT2D eigenvalue weighted by atomic mass is 16.3. The van der Waals surface area contributed by atoms with E-state index in [-0.39, 0.29) is 33.8 Å². The molecule has 0 N–H and O–H groups in total. The van der Waals surface area contributed by atoms with Gasteiger partial charge in [-0.2, -0.15) is 0 Å². The average molecular weight is 982 g/mol. The fourth-order valence-electron chi connectivity index (χ4n) is 13.8. The van der Waals surface area contributed by atoms with Crippen LogP contribution in [-0.4, -0.2) is 6.71 Å². The molecule has 8 aromatic carbocycles. The van der Waals surface area contributed by atoms with Gasteiger partial charge in [0.15, 0.2) is 0 Å². The Bertz CT molecular complexity index is 3830. The van der Waals surface area contributed by atoms with Crippen molar-refractivity contribution in [2.45, 2.75) is 143 Å². The molecular formula is C70H72BN3O. The van der Waals surface area contributed by atoms with Gasteiger partial charge in [-0.15, -0.1) is 0 Å². The SMILES string of the molecule is Cc1cc2c3c(c1)N(c1cccc4oc5cc(C(C)(C)C)ccc5c14)c1cc(N(c4ccccc4)c4ccccc4C)ccc1B3c1cc3c(cc1N2c1ccc2c(c1)C(C)(C)CCC2(C)C)C(C)(C)CCC3(C)C. The monoisotopic (exact) mass is 982 g/mol. The second-order valence-corrected chi connectivity index (χ2v) is 26.5. The van der Waals surface area contributed by atoms with Crippen LogP contribution >= 0.6 is 0 Å². The van der Waals surface area contributed by atoms with Gasteiger partial charge in [-0.05, 0) is 201 Å². The van der Waals surface area contributed by atoms with Crippen LogP contribution in [0.1, 0.15) is 141 Å². The van der Waals surface area contributed by atoms with Crippen molar-refractivity contribution < 1.29 is 4.42 Å². The Morgan fingerprint density at radius 1 is 0.480 bits per heavy atom. The summed E-state index contributed by atoms with van der Waals surface area (Å²) in [5, 5.41) is 2.26. The standard InChI is InChI=1S/C70H72BN3O/c1-43-36-60-65-61(37-43)74(57-24-19-25-62-64(57)49-29-26-45(66(3,4)5)38-63(49)75-62)58-40-48(72(46-21-15-14-16-22-46)56-23-18-17-20-44(56)2)28-31-54(58)71(65)55-41-52-53(70(12,13)35-34-69(52,10)11)42-59(55)73(60)47-27-30-50-51(39-47)68(8,9)33-32-67(50,6)7/h14-31,36-42H,32-35H2,1-13H3. The number of fused-ring (bicyclic) bond motifs is 9. The maximum atomic E-state index is 6.93. The van der Waals surface area contributed by atoms with Crippen LogP contribution in [0, 0.1) is 13.8 Å². The highest BCUT2D eigenvalue weighted by molar-refractivity contribution is 7.00. The number of para-hydroxylation sites is 2. The number of anilines is 9. The molecule has 2 aliphatic heterocycles. The van der Waals surface area contributed by atoms with Gasteiger partial charge in [-0.25, -0.2) is 0 Å². The summed E-state index contributed by atoms with van der Waals surface area (Å²) in [6.45, 7) is 31.1. The first-order valence-corrected chi connectivity index (χ1v) is 27.7. The summed E-state index contributed by atoms with van der Waals surface area (Å²) in [6.07, 6.45) is 4.66. The molecule has 0 radical (unpaired) electrons. The van der Waals surface area contributed by atoms with Crippen LogP contribution in [0.15, 0.2) is 156 Å². The van der Waals surface area contributed by atoms with E-state index in [0.717, 1.165) is 64.0 Å². The zero-order chi connectivity index (χ0) is 52.3. The lowest BCUT2D eigenvalue weighted by Crippen LogP contribution is -2.62. The average Bonchev–Trinajstić information content (AvgIpc) is 3.79. The lowest BCUT2D eigenvalue weighted by atomic mass is 9.33. The van der Waals surface area contributed by atoms with Crippen molar-refractivity contribution in [2.24, 2.45) is 0 Å². The third kappa shape index (κ3) is 7.30. The van der Waals surface area contributed by atoms with E-state index >= 15 is 0 Å². The molecule has 0 saturated heterocycles. The zero-order valence-corrected chi connectivity index (χ0v) is 46.6. The summed E-state index contributed by atoms with van der Waals surface area (Å²) < 4.78 is 6.93. The molecular weight excluding hydrogens is 910 g/mol. The molecule has 4 aliphatic rings. The molecule has 376 valence electrons. The molecule has 0 bridgehead atoms. The van der Waals surface area contributed by atoms with Crippen LogP contribution in [0.2, 0.25) is 0 Å². The molecule has 0 amide bonds. The topological polar surface area (TPSA) is 22.9 Å². The number of hydrogen-bond acceptors (Lipinski definition) is 4. The van der Waals surface area contributed by atoms with Gasteiger partial charge < -0.3 is 19.1 Å². The van der Waals surface area contributed by atoms with Crippen LogP contribution in [0.4, 0.5) is 51.2 Å². The number of aryl methyl sites for hydroxylation is 2. The second kappa shape index (κ2) is 16.3. The first-order valence-electron chi connectivity index (χ1n) is 27.7. The summed E-state index contributed by atoms with van der Waals surface area (Å²) in [5.41, 5.74) is 26.4. The molecule has 13 rings (SSSR count). The number of rotatable bonds is 5. The van der Waals surface area contributed by atoms with Crippen LogP contribution in [0.5, 0.6) is 0 Å². The highest BCUT2D eigenvalue weighted by Gasteiger charge is 2.48. The summed E-state index contributed by atoms with van der Waals surface area (Å²) in [4.78, 5) is 7.75. The number of nitrogens with zero attached hydrogens (tertiary/aromatic N) is 3. The van der Waals surface area contributed by atoms with Gasteiger partial charge in [0.2, 0.25) is 0 Å². The second-order valence-electron chi connectivity index (χ2n) is 26.5. The Hall–Kier alpha value is -6.98. The maximum absolute atomic E-state index is 6.93. The van der Waals surface area contributed by atoms with Crippen molar-refractivity contribution >= 4 is 96.2 Å². The Kier molecular flexibility index (Phi) is 10.3. The first kappa shape index (κ1) is 47.7. The van der Waals surface area contributed by atoms with Gasteiger partial charge in [0.05, 0.1) is 11.1 Å². The summed E-state index contributed by atoms with van der Waals surface area (Å²) in [7, 11) is 0. The third-order valence-corrected chi connectivity index (χ3v) is 18.5. The van der Waals surface area contributed by atoms with Crippen molar-refractivity contribution in [3.05, 3.63) is 191 Å². The molecule has 75 heavy (non-hydrogen) atoms. The minimum atomic E-state index is -0.0421. The quantitative estimate of drug-likeness (QED) is 0.160. The predicted molar refractivity (Wildman–Crippen MR) is 321 cm³/mol. The lowest BCUT2D eigenvalue weighted by Gasteiger charge is -2.48. The van der Waals surface area contributed by atoms with E-state index in [9.17, 15) is 0 Å². The summed E-state index contributed by atoms with van der Waals surface area (Å²) >= 11 is 0. The van der Waals surface area contributed by atoms with Crippen LogP contribution in [0.25, 0.3) is 21.9 Å². The normalized spacial score (nSPS) is 17.5. The van der Waals surface area contributed by atoms with E-state index in [4.69, 9.17) is 4.42 Å². The van der Waals surface area contributed by atoms with E-state index < -0.39 is 0 Å². The zero-order valence-electron chi connectivity index (χ0n) is 46.6. The Balaban J connectivity index is 1.15. The van der Waals surface area contributed by atoms with Gasteiger partial charge in [0, 0.05) is 50.9 Å². The molecule has 5 heteroatoms. The molecule has 1 aromatic heterocycles. The summed E-state index contributed by atoms with van der Waals surface area (Å²) in [6, 6.07) is 58.4. The molecule has 0 spiro atoms.